The van der Waals surface area contributed by atoms with E-state index in [0.29, 0.717) is 28.2 Å². The molecule has 0 saturated heterocycles. The van der Waals surface area contributed by atoms with E-state index in [1.165, 1.54) is 13.6 Å². The zero-order chi connectivity index (χ0) is 26.9. The van der Waals surface area contributed by atoms with Crippen LogP contribution in [0.1, 0.15) is 40.3 Å². The van der Waals surface area contributed by atoms with Gasteiger partial charge in [-0.05, 0) is 43.3 Å². The Morgan fingerprint density at radius 2 is 1.74 bits per heavy atom. The summed E-state index contributed by atoms with van der Waals surface area (Å²) < 4.78 is 4.41. The molecule has 5 aromatic heterocycles. The van der Waals surface area contributed by atoms with Crippen LogP contribution in [0.25, 0.3) is 16.9 Å². The summed E-state index contributed by atoms with van der Waals surface area (Å²) in [6, 6.07) is 15.4. The molecule has 0 bridgehead atoms. The van der Waals surface area contributed by atoms with Crippen molar-refractivity contribution >= 4 is 22.9 Å². The summed E-state index contributed by atoms with van der Waals surface area (Å²) in [5.74, 6) is 6.02. The molecule has 0 aliphatic rings. The highest BCUT2D eigenvalue weighted by Crippen LogP contribution is 2.20. The lowest BCUT2D eigenvalue weighted by Gasteiger charge is -2.19. The Bertz CT molecular complexity index is 1960. The number of fused-ring (bicyclic) bond motifs is 2. The van der Waals surface area contributed by atoms with E-state index in [9.17, 15) is 9.59 Å². The minimum atomic E-state index is -0.693. The number of hydrogen-bond acceptors (Lipinski definition) is 7. The predicted octanol–water partition coefficient (Wildman–Crippen LogP) is 2.40. The molecular weight excluding hydrogens is 494 g/mol. The van der Waals surface area contributed by atoms with Gasteiger partial charge in [-0.1, -0.05) is 30.0 Å². The van der Waals surface area contributed by atoms with Crippen LogP contribution < -0.4 is 16.6 Å². The van der Waals surface area contributed by atoms with Gasteiger partial charge in [-0.25, -0.2) is 14.0 Å². The van der Waals surface area contributed by atoms with Crippen LogP contribution >= 0.6 is 0 Å². The molecule has 0 spiro atoms. The lowest BCUT2D eigenvalue weighted by Crippen LogP contribution is -2.34. The van der Waals surface area contributed by atoms with Crippen molar-refractivity contribution in [2.24, 2.45) is 0 Å². The maximum atomic E-state index is 14.0. The largest absolute Gasteiger partial charge is 0.381 e. The molecule has 11 heteroatoms. The normalized spacial score (nSPS) is 11.7. The third-order valence-electron chi connectivity index (χ3n) is 6.13. The molecule has 3 N–H and O–H groups in total. The Hall–Kier alpha value is -5.76. The van der Waals surface area contributed by atoms with E-state index < -0.39 is 11.9 Å². The number of nitrogens with zero attached hydrogens (tertiary/aromatic N) is 7. The lowest BCUT2D eigenvalue weighted by atomic mass is 10.2. The van der Waals surface area contributed by atoms with E-state index in [-0.39, 0.29) is 16.9 Å². The van der Waals surface area contributed by atoms with Crippen molar-refractivity contribution in [3.63, 3.8) is 0 Å². The molecule has 190 valence electrons. The number of carbonyl (C=O) groups excluding carboxylic acids is 1. The first-order valence-electron chi connectivity index (χ1n) is 12.0. The van der Waals surface area contributed by atoms with Gasteiger partial charge in [0.2, 0.25) is 0 Å². The van der Waals surface area contributed by atoms with Gasteiger partial charge in [0.15, 0.2) is 17.3 Å². The summed E-state index contributed by atoms with van der Waals surface area (Å²) in [6.45, 7) is 1.74. The molecule has 1 aromatic carbocycles. The van der Waals surface area contributed by atoms with Gasteiger partial charge in [0.25, 0.3) is 11.5 Å². The van der Waals surface area contributed by atoms with Crippen molar-refractivity contribution in [2.75, 3.05) is 5.73 Å². The van der Waals surface area contributed by atoms with Crippen molar-refractivity contribution in [2.45, 2.75) is 13.0 Å². The van der Waals surface area contributed by atoms with Gasteiger partial charge < -0.3 is 11.1 Å². The zero-order valence-electron chi connectivity index (χ0n) is 20.7. The number of nitrogens with two attached hydrogens (primary N) is 1. The van der Waals surface area contributed by atoms with Crippen LogP contribution in [0, 0.1) is 11.8 Å². The van der Waals surface area contributed by atoms with E-state index in [4.69, 9.17) is 10.8 Å². The molecule has 0 fully saturated rings. The first kappa shape index (κ1) is 23.6. The van der Waals surface area contributed by atoms with Crippen LogP contribution in [0.3, 0.4) is 0 Å². The Kier molecular flexibility index (Phi) is 5.82. The second-order valence-electron chi connectivity index (χ2n) is 8.69. The molecule has 1 unspecified atom stereocenters. The first-order chi connectivity index (χ1) is 19.0. The van der Waals surface area contributed by atoms with E-state index in [2.05, 4.69) is 32.2 Å². The number of anilines is 1. The monoisotopic (exact) mass is 515 g/mol. The summed E-state index contributed by atoms with van der Waals surface area (Å²) in [5.41, 5.74) is 8.40. The number of benzene rings is 1. The molecule has 0 saturated carbocycles. The molecule has 0 aliphatic heterocycles. The first-order valence-corrected chi connectivity index (χ1v) is 12.0. The minimum absolute atomic E-state index is 0.0464. The van der Waals surface area contributed by atoms with Crippen molar-refractivity contribution in [1.82, 2.24) is 39.1 Å². The quantitative estimate of drug-likeness (QED) is 0.344. The number of rotatable bonds is 4. The van der Waals surface area contributed by atoms with Crippen LogP contribution in [-0.4, -0.2) is 39.7 Å². The number of hydrogen-bond donors (Lipinski definition) is 2. The number of para-hydroxylation sites is 1. The number of carbonyl (C=O) groups is 1. The Labute approximate surface area is 221 Å². The third-order valence-corrected chi connectivity index (χ3v) is 6.13. The summed E-state index contributed by atoms with van der Waals surface area (Å²) in [5, 5.41) is 11.8. The average Bonchev–Trinajstić information content (AvgIpc) is 3.52. The third kappa shape index (κ3) is 4.25. The van der Waals surface area contributed by atoms with Gasteiger partial charge in [0.1, 0.15) is 11.1 Å². The number of aromatic nitrogens is 7. The van der Waals surface area contributed by atoms with Gasteiger partial charge in [0.05, 0.1) is 17.3 Å². The number of amides is 1. The van der Waals surface area contributed by atoms with Gasteiger partial charge in [-0.15, -0.1) is 5.10 Å². The molecule has 1 atom stereocenters. The van der Waals surface area contributed by atoms with E-state index >= 15 is 0 Å². The van der Waals surface area contributed by atoms with Crippen LogP contribution in [0.2, 0.25) is 0 Å². The van der Waals surface area contributed by atoms with Gasteiger partial charge in [-0.2, -0.15) is 5.10 Å². The molecule has 5 heterocycles. The molecule has 0 aliphatic carbocycles. The smallest absolute Gasteiger partial charge is 0.283 e. The van der Waals surface area contributed by atoms with Gasteiger partial charge >= 0.3 is 0 Å². The molecule has 6 rings (SSSR count). The highest BCUT2D eigenvalue weighted by atomic mass is 16.2. The summed E-state index contributed by atoms with van der Waals surface area (Å²) in [4.78, 5) is 35.5. The van der Waals surface area contributed by atoms with E-state index in [0.717, 1.165) is 5.56 Å². The number of nitrogen functional groups attached to an aromatic ring is 1. The number of pyridine rings is 1. The van der Waals surface area contributed by atoms with Crippen molar-refractivity contribution in [1.29, 1.82) is 0 Å². The zero-order valence-corrected chi connectivity index (χ0v) is 20.7. The topological polar surface area (TPSA) is 138 Å². The van der Waals surface area contributed by atoms with Gasteiger partial charge in [0, 0.05) is 36.5 Å². The van der Waals surface area contributed by atoms with E-state index in [1.807, 2.05) is 18.2 Å². The molecular formula is C28H21N9O2. The molecule has 11 nitrogen and oxygen atoms in total. The molecule has 1 amide bonds. The molecule has 39 heavy (non-hydrogen) atoms. The second kappa shape index (κ2) is 9.60. The fourth-order valence-electron chi connectivity index (χ4n) is 4.32. The summed E-state index contributed by atoms with van der Waals surface area (Å²) in [7, 11) is 0. The standard InChI is InChI=1S/C28H21N9O2/c1-18(32-27(38)22-24(29)33-36-16-5-13-31-26(22)36)25-34-35-17-12-20(9-8-19-10-14-30-15-11-19)23(35)28(39)37(25)21-6-3-2-4-7-21/h2-7,10-18H,1H3,(H2,29,33)(H,32,38). The Morgan fingerprint density at radius 3 is 2.54 bits per heavy atom. The predicted molar refractivity (Wildman–Crippen MR) is 144 cm³/mol. The van der Waals surface area contributed by atoms with Crippen molar-refractivity contribution < 1.29 is 4.79 Å². The van der Waals surface area contributed by atoms with Crippen LogP contribution in [0.4, 0.5) is 5.82 Å². The molecule has 6 aromatic rings. The fraction of sp³-hybridized carbons (Fsp3) is 0.0714. The maximum absolute atomic E-state index is 14.0. The highest BCUT2D eigenvalue weighted by Gasteiger charge is 2.25. The van der Waals surface area contributed by atoms with Crippen molar-refractivity contribution in [3.8, 4) is 17.5 Å². The summed E-state index contributed by atoms with van der Waals surface area (Å²) >= 11 is 0. The fourth-order valence-corrected chi connectivity index (χ4v) is 4.32. The van der Waals surface area contributed by atoms with Crippen molar-refractivity contribution in [3.05, 3.63) is 118 Å². The van der Waals surface area contributed by atoms with Gasteiger partial charge in [-0.3, -0.25) is 19.1 Å². The average molecular weight is 516 g/mol. The maximum Gasteiger partial charge on any atom is 0.283 e. The van der Waals surface area contributed by atoms with Crippen LogP contribution in [-0.2, 0) is 0 Å². The van der Waals surface area contributed by atoms with Crippen LogP contribution in [0.15, 0.2) is 90.4 Å². The summed E-state index contributed by atoms with van der Waals surface area (Å²) in [6.07, 6.45) is 8.20. The lowest BCUT2D eigenvalue weighted by molar-refractivity contribution is 0.0940. The Balaban J connectivity index is 1.45. The number of nitrogens with one attached hydrogen (secondary N) is 1. The second-order valence-corrected chi connectivity index (χ2v) is 8.69. The Morgan fingerprint density at radius 1 is 0.949 bits per heavy atom. The highest BCUT2D eigenvalue weighted by molar-refractivity contribution is 6.04. The van der Waals surface area contributed by atoms with Crippen LogP contribution in [0.5, 0.6) is 0 Å². The SMILES string of the molecule is CC(NC(=O)c1c(N)nn2cccnc12)c1nn2ccc(C#Cc3ccncc3)c2c(=O)n1-c1ccccc1. The minimum Gasteiger partial charge on any atom is -0.381 e. The molecule has 0 radical (unpaired) electrons. The van der Waals surface area contributed by atoms with E-state index in [1.54, 1.807) is 74.3 Å².